The van der Waals surface area contributed by atoms with Gasteiger partial charge in [-0.25, -0.2) is 0 Å². The largest absolute Gasteiger partial charge is 0.466 e. The van der Waals surface area contributed by atoms with Gasteiger partial charge in [-0.2, -0.15) is 0 Å². The molecule has 0 unspecified atom stereocenters. The number of halogens is 2. The second-order valence-corrected chi connectivity index (χ2v) is 8.04. The highest BCUT2D eigenvalue weighted by molar-refractivity contribution is 6.36. The van der Waals surface area contributed by atoms with Crippen molar-refractivity contribution in [3.05, 3.63) is 33.8 Å². The molecule has 1 aliphatic heterocycles. The maximum Gasteiger partial charge on any atom is 0.310 e. The lowest BCUT2D eigenvalue weighted by Crippen LogP contribution is -2.54. The van der Waals surface area contributed by atoms with Crippen molar-refractivity contribution >= 4 is 41.0 Å². The SMILES string of the molecule is CCOC(=O)[C@H]1CCCN(C(=O)[C@H](NC(=O)c2ccc(Cl)cc2Cl)C(C)C)C1. The first kappa shape index (κ1) is 22.5. The average Bonchev–Trinajstić information content (AvgIpc) is 2.65. The summed E-state index contributed by atoms with van der Waals surface area (Å²) in [5, 5.41) is 3.44. The van der Waals surface area contributed by atoms with Crippen molar-refractivity contribution in [3.63, 3.8) is 0 Å². The second kappa shape index (κ2) is 10.1. The average molecular weight is 429 g/mol. The van der Waals surface area contributed by atoms with Crippen molar-refractivity contribution in [1.82, 2.24) is 10.2 Å². The van der Waals surface area contributed by atoms with E-state index in [-0.39, 0.29) is 34.3 Å². The summed E-state index contributed by atoms with van der Waals surface area (Å²) in [7, 11) is 0. The molecule has 0 spiro atoms. The molecule has 2 atom stereocenters. The number of carbonyl (C=O) groups is 3. The van der Waals surface area contributed by atoms with Crippen LogP contribution in [0.5, 0.6) is 0 Å². The van der Waals surface area contributed by atoms with E-state index in [4.69, 9.17) is 27.9 Å². The van der Waals surface area contributed by atoms with Gasteiger partial charge in [0.2, 0.25) is 5.91 Å². The minimum Gasteiger partial charge on any atom is -0.466 e. The molecule has 1 aromatic rings. The van der Waals surface area contributed by atoms with E-state index in [1.807, 2.05) is 13.8 Å². The van der Waals surface area contributed by atoms with Crippen molar-refractivity contribution in [1.29, 1.82) is 0 Å². The predicted octanol–water partition coefficient (Wildman–Crippen LogP) is 3.55. The number of amides is 2. The highest BCUT2D eigenvalue weighted by Crippen LogP contribution is 2.23. The Morgan fingerprint density at radius 2 is 2.00 bits per heavy atom. The number of esters is 1. The lowest BCUT2D eigenvalue weighted by Gasteiger charge is -2.35. The van der Waals surface area contributed by atoms with Crippen LogP contribution >= 0.6 is 23.2 Å². The van der Waals surface area contributed by atoms with Gasteiger partial charge in [-0.15, -0.1) is 0 Å². The van der Waals surface area contributed by atoms with Gasteiger partial charge in [0.1, 0.15) is 6.04 Å². The molecule has 0 bridgehead atoms. The van der Waals surface area contributed by atoms with E-state index in [0.717, 1.165) is 6.42 Å². The van der Waals surface area contributed by atoms with Gasteiger partial charge in [-0.3, -0.25) is 14.4 Å². The summed E-state index contributed by atoms with van der Waals surface area (Å²) in [5.74, 6) is -1.38. The Morgan fingerprint density at radius 1 is 1.29 bits per heavy atom. The van der Waals surface area contributed by atoms with Crippen molar-refractivity contribution in [2.75, 3.05) is 19.7 Å². The van der Waals surface area contributed by atoms with E-state index in [1.54, 1.807) is 17.9 Å². The summed E-state index contributed by atoms with van der Waals surface area (Å²) < 4.78 is 5.09. The van der Waals surface area contributed by atoms with Crippen LogP contribution in [-0.4, -0.2) is 48.4 Å². The third-order valence-corrected chi connectivity index (χ3v) is 5.30. The molecule has 1 N–H and O–H groups in total. The van der Waals surface area contributed by atoms with Gasteiger partial charge in [-0.05, 0) is 43.9 Å². The summed E-state index contributed by atoms with van der Waals surface area (Å²) in [5.41, 5.74) is 0.257. The van der Waals surface area contributed by atoms with Gasteiger partial charge in [0.15, 0.2) is 0 Å². The molecule has 0 radical (unpaired) electrons. The number of nitrogens with zero attached hydrogens (tertiary/aromatic N) is 1. The Hall–Kier alpha value is -1.79. The molecule has 154 valence electrons. The molecular weight excluding hydrogens is 403 g/mol. The third-order valence-electron chi connectivity index (χ3n) is 4.75. The number of benzene rings is 1. The Kier molecular flexibility index (Phi) is 8.13. The molecule has 1 aliphatic rings. The maximum absolute atomic E-state index is 13.1. The van der Waals surface area contributed by atoms with Crippen LogP contribution in [0.4, 0.5) is 0 Å². The van der Waals surface area contributed by atoms with Gasteiger partial charge in [0.05, 0.1) is 23.1 Å². The standard InChI is InChI=1S/C20H26Cl2N2O4/c1-4-28-20(27)13-6-5-9-24(11-13)19(26)17(12(2)3)23-18(25)15-8-7-14(21)10-16(15)22/h7-8,10,12-13,17H,4-6,9,11H2,1-3H3,(H,23,25)/t13-,17+/m0/s1. The molecular formula is C20H26Cl2N2O4. The Labute approximate surface area is 175 Å². The molecule has 2 amide bonds. The number of piperidine rings is 1. The summed E-state index contributed by atoms with van der Waals surface area (Å²) in [6, 6.07) is 3.86. The topological polar surface area (TPSA) is 75.7 Å². The summed E-state index contributed by atoms with van der Waals surface area (Å²) in [6.45, 7) is 6.65. The van der Waals surface area contributed by atoms with Crippen LogP contribution in [0.1, 0.15) is 44.0 Å². The zero-order valence-corrected chi connectivity index (χ0v) is 17.8. The van der Waals surface area contributed by atoms with Gasteiger partial charge in [0.25, 0.3) is 5.91 Å². The molecule has 1 saturated heterocycles. The van der Waals surface area contributed by atoms with Crippen molar-refractivity contribution in [2.45, 2.75) is 39.7 Å². The molecule has 1 heterocycles. The van der Waals surface area contributed by atoms with Gasteiger partial charge >= 0.3 is 5.97 Å². The molecule has 2 rings (SSSR count). The minimum atomic E-state index is -0.722. The Morgan fingerprint density at radius 3 is 2.61 bits per heavy atom. The third kappa shape index (κ3) is 5.61. The van der Waals surface area contributed by atoms with E-state index in [2.05, 4.69) is 5.32 Å². The predicted molar refractivity (Wildman–Crippen MR) is 108 cm³/mol. The molecule has 6 nitrogen and oxygen atoms in total. The number of hydrogen-bond donors (Lipinski definition) is 1. The van der Waals surface area contributed by atoms with Crippen molar-refractivity contribution in [2.24, 2.45) is 11.8 Å². The first-order valence-corrected chi connectivity index (χ1v) is 10.2. The highest BCUT2D eigenvalue weighted by atomic mass is 35.5. The number of ether oxygens (including phenoxy) is 1. The summed E-state index contributed by atoms with van der Waals surface area (Å²) in [6.07, 6.45) is 1.42. The Bertz CT molecular complexity index is 739. The fraction of sp³-hybridized carbons (Fsp3) is 0.550. The van der Waals surface area contributed by atoms with Gasteiger partial charge in [-0.1, -0.05) is 37.0 Å². The number of nitrogens with one attached hydrogen (secondary N) is 1. The smallest absolute Gasteiger partial charge is 0.310 e. The number of likely N-dealkylation sites (tertiary alicyclic amines) is 1. The fourth-order valence-corrected chi connectivity index (χ4v) is 3.73. The molecule has 0 aliphatic carbocycles. The lowest BCUT2D eigenvalue weighted by molar-refractivity contribution is -0.151. The molecule has 1 aromatic carbocycles. The second-order valence-electron chi connectivity index (χ2n) is 7.19. The highest BCUT2D eigenvalue weighted by Gasteiger charge is 2.34. The van der Waals surface area contributed by atoms with Crippen LogP contribution in [0, 0.1) is 11.8 Å². The van der Waals surface area contributed by atoms with Crippen LogP contribution in [0.3, 0.4) is 0 Å². The zero-order chi connectivity index (χ0) is 20.8. The van der Waals surface area contributed by atoms with Crippen molar-refractivity contribution < 1.29 is 19.1 Å². The normalized spacial score (nSPS) is 17.9. The van der Waals surface area contributed by atoms with Gasteiger partial charge in [0, 0.05) is 18.1 Å². The monoisotopic (exact) mass is 428 g/mol. The first-order chi connectivity index (χ1) is 13.2. The Balaban J connectivity index is 2.11. The lowest BCUT2D eigenvalue weighted by atomic mass is 9.95. The van der Waals surface area contributed by atoms with E-state index < -0.39 is 11.9 Å². The van der Waals surface area contributed by atoms with Crippen LogP contribution in [0.25, 0.3) is 0 Å². The number of hydrogen-bond acceptors (Lipinski definition) is 4. The van der Waals surface area contributed by atoms with E-state index in [1.165, 1.54) is 12.1 Å². The van der Waals surface area contributed by atoms with E-state index in [9.17, 15) is 14.4 Å². The molecule has 8 heteroatoms. The molecule has 28 heavy (non-hydrogen) atoms. The summed E-state index contributed by atoms with van der Waals surface area (Å²) in [4.78, 5) is 39.4. The molecule has 0 saturated carbocycles. The summed E-state index contributed by atoms with van der Waals surface area (Å²) >= 11 is 12.0. The maximum atomic E-state index is 13.1. The van der Waals surface area contributed by atoms with E-state index in [0.29, 0.717) is 31.1 Å². The van der Waals surface area contributed by atoms with Crippen LogP contribution < -0.4 is 5.32 Å². The molecule has 0 aromatic heterocycles. The van der Waals surface area contributed by atoms with Crippen LogP contribution in [0.2, 0.25) is 10.0 Å². The van der Waals surface area contributed by atoms with Crippen molar-refractivity contribution in [3.8, 4) is 0 Å². The quantitative estimate of drug-likeness (QED) is 0.702. The zero-order valence-electron chi connectivity index (χ0n) is 16.3. The van der Waals surface area contributed by atoms with Crippen LogP contribution in [0.15, 0.2) is 18.2 Å². The number of carbonyl (C=O) groups excluding carboxylic acids is 3. The molecule has 1 fully saturated rings. The van der Waals surface area contributed by atoms with E-state index >= 15 is 0 Å². The van der Waals surface area contributed by atoms with Gasteiger partial charge < -0.3 is 15.0 Å². The fourth-order valence-electron chi connectivity index (χ4n) is 3.23. The number of rotatable bonds is 6. The minimum absolute atomic E-state index is 0.134. The van der Waals surface area contributed by atoms with Crippen LogP contribution in [-0.2, 0) is 14.3 Å². The first-order valence-electron chi connectivity index (χ1n) is 9.45.